The number of rotatable bonds is 7. The van der Waals surface area contributed by atoms with E-state index in [1.165, 1.54) is 6.92 Å². The van der Waals surface area contributed by atoms with Gasteiger partial charge < -0.3 is 63.6 Å². The van der Waals surface area contributed by atoms with Crippen molar-refractivity contribution >= 4 is 16.4 Å². The molecule has 8 rings (SSSR count). The first-order chi connectivity index (χ1) is 27.2. The molecule has 19 heteroatoms. The molecule has 8 unspecified atom stereocenters. The predicted octanol–water partition coefficient (Wildman–Crippen LogP) is -1.90. The molecule has 4 aliphatic heterocycles. The van der Waals surface area contributed by atoms with Crippen LogP contribution in [0.15, 0.2) is 11.6 Å². The molecule has 336 valence electrons. The minimum absolute atomic E-state index is 0. The number of carbonyl (C=O) groups is 1. The average molecular weight is 883 g/mol. The van der Waals surface area contributed by atoms with Gasteiger partial charge in [-0.1, -0.05) is 39.3 Å². The van der Waals surface area contributed by atoms with Crippen LogP contribution in [0, 0.1) is 33.5 Å². The van der Waals surface area contributed by atoms with Crippen molar-refractivity contribution < 1.29 is 111 Å². The first-order valence-electron chi connectivity index (χ1n) is 21.2. The molecule has 6 N–H and O–H groups in total. The van der Waals surface area contributed by atoms with Crippen molar-refractivity contribution in [1.82, 2.24) is 0 Å². The van der Waals surface area contributed by atoms with Gasteiger partial charge in [0.25, 0.3) is 0 Å². The molecule has 3 saturated carbocycles. The van der Waals surface area contributed by atoms with E-state index in [2.05, 4.69) is 25.0 Å². The zero-order valence-electron chi connectivity index (χ0n) is 36.1. The van der Waals surface area contributed by atoms with E-state index in [-0.39, 0.29) is 47.8 Å². The maximum atomic E-state index is 14.5. The average Bonchev–Trinajstić information content (AvgIpc) is 3.70. The molecule has 4 saturated heterocycles. The van der Waals surface area contributed by atoms with Crippen LogP contribution in [0.5, 0.6) is 0 Å². The van der Waals surface area contributed by atoms with E-state index in [4.69, 9.17) is 28.4 Å². The topological polar surface area (TPSA) is 260 Å². The van der Waals surface area contributed by atoms with Crippen LogP contribution in [0.25, 0.3) is 0 Å². The van der Waals surface area contributed by atoms with Crippen LogP contribution in [0.1, 0.15) is 107 Å². The van der Waals surface area contributed by atoms with Gasteiger partial charge in [0, 0.05) is 0 Å². The smallest absolute Gasteiger partial charge is 0.726 e. The van der Waals surface area contributed by atoms with Gasteiger partial charge >= 0.3 is 35.5 Å². The standard InChI is InChI=1S/C41H64O17S.Na/c1-19-27(43)29(45)30(46)32(53-19)55-31-28(44)22(58-59(49,50)51)18-52-33(31)54-25-12-14-37(6)21-17-24(42)41-34(47)57-39(8,26-11-13-35(2,3)56-26)40(41,48)16-15-38(41,7)20(21)9-10-23(37)36(25,4)5;/h17,19-20,22-33,42-46,48H,9-16,18H2,1-8H3,(H,49,50,51);/q;+1/p-1/t19?,20-,22-,23?,24+,25+,26?,27-,28?,29?,30?,31?,32+,33+,37-,38+,39+,40+,41?;/m1./s1. The summed E-state index contributed by atoms with van der Waals surface area (Å²) in [5, 5.41) is 68.1. The Bertz CT molecular complexity index is 1830. The second kappa shape index (κ2) is 15.4. The van der Waals surface area contributed by atoms with Crippen LogP contribution < -0.4 is 29.6 Å². The number of hydrogen-bond acceptors (Lipinski definition) is 17. The summed E-state index contributed by atoms with van der Waals surface area (Å²) in [5.74, 6) is -0.763. The normalized spacial score (nSPS) is 53.2. The summed E-state index contributed by atoms with van der Waals surface area (Å²) < 4.78 is 76.1. The quantitative estimate of drug-likeness (QED) is 0.0407. The molecule has 8 aliphatic rings. The van der Waals surface area contributed by atoms with Gasteiger partial charge in [-0.2, -0.15) is 0 Å². The maximum absolute atomic E-state index is 14.5. The number of carbonyl (C=O) groups excluding carboxylic acids is 1. The van der Waals surface area contributed by atoms with Crippen molar-refractivity contribution in [3.63, 3.8) is 0 Å². The second-order valence-electron chi connectivity index (χ2n) is 20.7. The Balaban J connectivity index is 0.00000544. The molecule has 4 heterocycles. The largest absolute Gasteiger partial charge is 1.00 e. The molecule has 0 aromatic heterocycles. The third-order valence-corrected chi connectivity index (χ3v) is 17.4. The molecule has 0 amide bonds. The first-order valence-corrected chi connectivity index (χ1v) is 22.5. The summed E-state index contributed by atoms with van der Waals surface area (Å²) in [6.07, 6.45) is -10.0. The molecule has 7 fully saturated rings. The number of cyclic esters (lactones) is 1. The molecular formula is C41H63NaO17S. The summed E-state index contributed by atoms with van der Waals surface area (Å²) in [6.45, 7) is 15.0. The fourth-order valence-corrected chi connectivity index (χ4v) is 14.2. The zero-order chi connectivity index (χ0) is 43.3. The van der Waals surface area contributed by atoms with Gasteiger partial charge in [0.15, 0.2) is 18.2 Å². The van der Waals surface area contributed by atoms with Crippen LogP contribution in [0.2, 0.25) is 0 Å². The number of aliphatic hydroxyl groups excluding tert-OH is 5. The van der Waals surface area contributed by atoms with Crippen molar-refractivity contribution in [3.8, 4) is 0 Å². The van der Waals surface area contributed by atoms with Gasteiger partial charge in [0.05, 0.1) is 30.5 Å². The number of hydrogen-bond donors (Lipinski definition) is 6. The van der Waals surface area contributed by atoms with Gasteiger partial charge in [-0.05, 0) is 107 Å². The van der Waals surface area contributed by atoms with Gasteiger partial charge in [0.2, 0.25) is 10.4 Å². The first kappa shape index (κ1) is 47.6. The minimum Gasteiger partial charge on any atom is -0.726 e. The van der Waals surface area contributed by atoms with Crippen LogP contribution in [-0.2, 0) is 47.8 Å². The van der Waals surface area contributed by atoms with E-state index >= 15 is 0 Å². The molecule has 0 radical (unpaired) electrons. The Morgan fingerprint density at radius 2 is 1.52 bits per heavy atom. The van der Waals surface area contributed by atoms with E-state index in [1.807, 2.05) is 26.8 Å². The van der Waals surface area contributed by atoms with E-state index in [0.29, 0.717) is 38.5 Å². The monoisotopic (exact) mass is 882 g/mol. The van der Waals surface area contributed by atoms with Gasteiger partial charge in [-0.3, -0.25) is 8.98 Å². The Morgan fingerprint density at radius 1 is 0.833 bits per heavy atom. The Hall–Kier alpha value is -0.360. The molecular weight excluding hydrogens is 819 g/mol. The maximum Gasteiger partial charge on any atom is 1.00 e. The number of aliphatic hydroxyl groups is 6. The summed E-state index contributed by atoms with van der Waals surface area (Å²) >= 11 is 0. The predicted molar refractivity (Wildman–Crippen MR) is 201 cm³/mol. The minimum atomic E-state index is -5.29. The molecule has 0 aromatic carbocycles. The molecule has 0 aromatic rings. The summed E-state index contributed by atoms with van der Waals surface area (Å²) in [5.41, 5.74) is -5.93. The van der Waals surface area contributed by atoms with Crippen LogP contribution in [0.4, 0.5) is 0 Å². The SMILES string of the molecule is CC1O[C@@H](OC2C(O)[C@H](OS(=O)(=O)[O-])CO[C@H]2O[C@H]2CC[C@]3(C)C4=C[C@H](O)C56C(=O)O[C@@](C)(C7CCC(C)(C)O7)[C@@]5(O)CC[C@@]6(C)[C@@H]4CCC3C2(C)C)C(O)C(O)[C@@H]1O.[Na+]. The van der Waals surface area contributed by atoms with Crippen molar-refractivity contribution in [2.45, 2.75) is 197 Å². The Morgan fingerprint density at radius 3 is 2.15 bits per heavy atom. The summed E-state index contributed by atoms with van der Waals surface area (Å²) in [7, 11) is -5.29. The van der Waals surface area contributed by atoms with Gasteiger partial charge in [0.1, 0.15) is 53.7 Å². The number of esters is 1. The van der Waals surface area contributed by atoms with Crippen molar-refractivity contribution in [2.24, 2.45) is 33.5 Å². The Kier molecular flexibility index (Phi) is 12.2. The summed E-state index contributed by atoms with van der Waals surface area (Å²) in [6, 6.07) is 0. The third-order valence-electron chi connectivity index (χ3n) is 16.9. The fraction of sp³-hybridized carbons (Fsp3) is 0.927. The van der Waals surface area contributed by atoms with Crippen LogP contribution in [0.3, 0.4) is 0 Å². The number of ether oxygens (including phenoxy) is 6. The van der Waals surface area contributed by atoms with Crippen molar-refractivity contribution in [3.05, 3.63) is 11.6 Å². The molecule has 4 aliphatic carbocycles. The second-order valence-corrected chi connectivity index (χ2v) is 21.7. The van der Waals surface area contributed by atoms with Gasteiger partial charge in [-0.25, -0.2) is 8.42 Å². The van der Waals surface area contributed by atoms with Crippen LogP contribution in [-0.4, -0.2) is 147 Å². The number of fused-ring (bicyclic) bond motifs is 4. The zero-order valence-corrected chi connectivity index (χ0v) is 38.9. The van der Waals surface area contributed by atoms with Crippen molar-refractivity contribution in [1.29, 1.82) is 0 Å². The molecule has 0 bridgehead atoms. The molecule has 1 spiro atoms. The van der Waals surface area contributed by atoms with Crippen molar-refractivity contribution in [2.75, 3.05) is 6.61 Å². The van der Waals surface area contributed by atoms with E-state index in [1.54, 1.807) is 6.92 Å². The van der Waals surface area contributed by atoms with E-state index in [9.17, 15) is 48.4 Å². The fourth-order valence-electron chi connectivity index (χ4n) is 13.7. The van der Waals surface area contributed by atoms with Crippen LogP contribution >= 0.6 is 0 Å². The summed E-state index contributed by atoms with van der Waals surface area (Å²) in [4.78, 5) is 14.5. The Labute approximate surface area is 374 Å². The molecule has 19 atom stereocenters. The van der Waals surface area contributed by atoms with E-state index in [0.717, 1.165) is 12.0 Å². The number of allylic oxidation sites excluding steroid dienone is 1. The van der Waals surface area contributed by atoms with Gasteiger partial charge in [-0.15, -0.1) is 0 Å². The molecule has 17 nitrogen and oxygen atoms in total. The third kappa shape index (κ3) is 6.66. The van der Waals surface area contributed by atoms with E-state index < -0.39 is 135 Å². The molecule has 60 heavy (non-hydrogen) atoms.